The van der Waals surface area contributed by atoms with E-state index in [1.165, 1.54) is 58.3 Å². The third kappa shape index (κ3) is 3.69. The van der Waals surface area contributed by atoms with Crippen LogP contribution in [0.1, 0.15) is 52.9 Å². The van der Waals surface area contributed by atoms with Crippen LogP contribution in [0.4, 0.5) is 0 Å². The maximum Gasteiger partial charge on any atom is 0.0119 e. The van der Waals surface area contributed by atoms with E-state index in [2.05, 4.69) is 31.0 Å². The number of nitrogens with one attached hydrogen (secondary N) is 1. The first-order valence-corrected chi connectivity index (χ1v) is 7.52. The van der Waals surface area contributed by atoms with E-state index in [4.69, 9.17) is 0 Å². The first-order valence-electron chi connectivity index (χ1n) is 7.52. The zero-order valence-corrected chi connectivity index (χ0v) is 12.0. The first kappa shape index (κ1) is 13.4. The second-order valence-corrected chi connectivity index (χ2v) is 7.01. The molecule has 0 spiro atoms. The van der Waals surface area contributed by atoms with Crippen LogP contribution in [0.3, 0.4) is 0 Å². The van der Waals surface area contributed by atoms with Gasteiger partial charge in [0, 0.05) is 6.04 Å². The minimum atomic E-state index is 0.504. The van der Waals surface area contributed by atoms with Crippen molar-refractivity contribution in [3.63, 3.8) is 0 Å². The van der Waals surface area contributed by atoms with Gasteiger partial charge in [0.05, 0.1) is 0 Å². The lowest BCUT2D eigenvalue weighted by atomic mass is 9.77. The van der Waals surface area contributed by atoms with E-state index in [0.29, 0.717) is 5.41 Å². The van der Waals surface area contributed by atoms with Crippen LogP contribution in [0.2, 0.25) is 0 Å². The summed E-state index contributed by atoms with van der Waals surface area (Å²) in [6.45, 7) is 12.4. The average molecular weight is 238 g/mol. The zero-order valence-electron chi connectivity index (χ0n) is 12.0. The number of rotatable bonds is 1. The third-order valence-electron chi connectivity index (χ3n) is 4.81. The molecular weight excluding hydrogens is 208 g/mol. The van der Waals surface area contributed by atoms with Crippen LogP contribution < -0.4 is 5.32 Å². The van der Waals surface area contributed by atoms with Gasteiger partial charge >= 0.3 is 0 Å². The Morgan fingerprint density at radius 2 is 1.65 bits per heavy atom. The maximum atomic E-state index is 3.48. The Bertz CT molecular complexity index is 226. The highest BCUT2D eigenvalue weighted by molar-refractivity contribution is 4.83. The molecule has 0 saturated carbocycles. The molecule has 2 aliphatic heterocycles. The minimum absolute atomic E-state index is 0.504. The Morgan fingerprint density at radius 1 is 0.941 bits per heavy atom. The predicted molar refractivity (Wildman–Crippen MR) is 74.3 cm³/mol. The standard InChI is InChI=1S/C15H30N2/c1-15(2,3)13-5-4-11-17(12-8-13)14-6-9-16-10-7-14/h13-14,16H,4-12H2,1-3H3. The molecule has 2 heteroatoms. The molecule has 2 aliphatic rings. The van der Waals surface area contributed by atoms with Crippen molar-refractivity contribution in [2.75, 3.05) is 26.2 Å². The van der Waals surface area contributed by atoms with Crippen molar-refractivity contribution in [3.05, 3.63) is 0 Å². The summed E-state index contributed by atoms with van der Waals surface area (Å²) >= 11 is 0. The van der Waals surface area contributed by atoms with Crippen LogP contribution in [-0.4, -0.2) is 37.1 Å². The summed E-state index contributed by atoms with van der Waals surface area (Å²) < 4.78 is 0. The van der Waals surface area contributed by atoms with E-state index in [9.17, 15) is 0 Å². The zero-order chi connectivity index (χ0) is 12.3. The molecule has 100 valence electrons. The summed E-state index contributed by atoms with van der Waals surface area (Å²) in [7, 11) is 0. The summed E-state index contributed by atoms with van der Waals surface area (Å²) in [6.07, 6.45) is 6.98. The smallest absolute Gasteiger partial charge is 0.0119 e. The molecule has 0 bridgehead atoms. The van der Waals surface area contributed by atoms with Gasteiger partial charge in [0.1, 0.15) is 0 Å². The van der Waals surface area contributed by atoms with Gasteiger partial charge in [0.25, 0.3) is 0 Å². The van der Waals surface area contributed by atoms with Crippen molar-refractivity contribution in [1.82, 2.24) is 10.2 Å². The Labute approximate surface area is 107 Å². The van der Waals surface area contributed by atoms with Gasteiger partial charge in [-0.1, -0.05) is 20.8 Å². The molecule has 2 saturated heterocycles. The number of hydrogen-bond donors (Lipinski definition) is 1. The summed E-state index contributed by atoms with van der Waals surface area (Å²) in [6, 6.07) is 0.870. The molecule has 0 aliphatic carbocycles. The predicted octanol–water partition coefficient (Wildman–Crippen LogP) is 2.89. The molecule has 1 unspecified atom stereocenters. The molecule has 2 heterocycles. The van der Waals surface area contributed by atoms with E-state index in [-0.39, 0.29) is 0 Å². The fourth-order valence-electron chi connectivity index (χ4n) is 3.52. The molecule has 1 N–H and O–H groups in total. The minimum Gasteiger partial charge on any atom is -0.317 e. The highest BCUT2D eigenvalue weighted by atomic mass is 15.2. The molecule has 2 nitrogen and oxygen atoms in total. The largest absolute Gasteiger partial charge is 0.317 e. The molecule has 0 radical (unpaired) electrons. The van der Waals surface area contributed by atoms with Crippen molar-refractivity contribution < 1.29 is 0 Å². The van der Waals surface area contributed by atoms with Crippen LogP contribution in [0.25, 0.3) is 0 Å². The molecule has 2 rings (SSSR count). The van der Waals surface area contributed by atoms with Crippen LogP contribution in [-0.2, 0) is 0 Å². The number of likely N-dealkylation sites (tertiary alicyclic amines) is 1. The van der Waals surface area contributed by atoms with E-state index >= 15 is 0 Å². The van der Waals surface area contributed by atoms with Crippen molar-refractivity contribution >= 4 is 0 Å². The van der Waals surface area contributed by atoms with Crippen LogP contribution in [0.15, 0.2) is 0 Å². The van der Waals surface area contributed by atoms with Crippen LogP contribution >= 0.6 is 0 Å². The fourth-order valence-corrected chi connectivity index (χ4v) is 3.52. The molecule has 0 amide bonds. The summed E-state index contributed by atoms with van der Waals surface area (Å²) in [5, 5.41) is 3.48. The number of hydrogen-bond acceptors (Lipinski definition) is 2. The van der Waals surface area contributed by atoms with Gasteiger partial charge < -0.3 is 10.2 Å². The van der Waals surface area contributed by atoms with Gasteiger partial charge in [-0.3, -0.25) is 0 Å². The lowest BCUT2D eigenvalue weighted by molar-refractivity contribution is 0.157. The lowest BCUT2D eigenvalue weighted by Crippen LogP contribution is -2.43. The molecular formula is C15H30N2. The van der Waals surface area contributed by atoms with E-state index in [0.717, 1.165) is 12.0 Å². The Morgan fingerprint density at radius 3 is 2.29 bits per heavy atom. The van der Waals surface area contributed by atoms with Crippen molar-refractivity contribution in [1.29, 1.82) is 0 Å². The fraction of sp³-hybridized carbons (Fsp3) is 1.00. The average Bonchev–Trinajstić information content (AvgIpc) is 2.55. The molecule has 0 aromatic rings. The SMILES string of the molecule is CC(C)(C)C1CCCN(C2CCNCC2)CC1. The van der Waals surface area contributed by atoms with Crippen molar-refractivity contribution in [2.45, 2.75) is 58.9 Å². The van der Waals surface area contributed by atoms with Gasteiger partial charge in [-0.15, -0.1) is 0 Å². The monoisotopic (exact) mass is 238 g/mol. The van der Waals surface area contributed by atoms with Gasteiger partial charge in [-0.2, -0.15) is 0 Å². The van der Waals surface area contributed by atoms with E-state index in [1.807, 2.05) is 0 Å². The second-order valence-electron chi connectivity index (χ2n) is 7.01. The quantitative estimate of drug-likeness (QED) is 0.755. The van der Waals surface area contributed by atoms with Gasteiger partial charge in [0.2, 0.25) is 0 Å². The molecule has 2 fully saturated rings. The van der Waals surface area contributed by atoms with Crippen molar-refractivity contribution in [2.24, 2.45) is 11.3 Å². The normalized spacial score (nSPS) is 30.2. The van der Waals surface area contributed by atoms with Crippen LogP contribution in [0, 0.1) is 11.3 Å². The summed E-state index contributed by atoms with van der Waals surface area (Å²) in [5.41, 5.74) is 0.504. The Hall–Kier alpha value is -0.0800. The van der Waals surface area contributed by atoms with E-state index < -0.39 is 0 Å². The highest BCUT2D eigenvalue weighted by Gasteiger charge is 2.29. The third-order valence-corrected chi connectivity index (χ3v) is 4.81. The van der Waals surface area contributed by atoms with Gasteiger partial charge in [0.15, 0.2) is 0 Å². The Balaban J connectivity index is 1.86. The summed E-state index contributed by atoms with van der Waals surface area (Å²) in [5.74, 6) is 0.925. The number of piperidine rings is 1. The van der Waals surface area contributed by atoms with Gasteiger partial charge in [-0.05, 0) is 69.6 Å². The summed E-state index contributed by atoms with van der Waals surface area (Å²) in [4.78, 5) is 2.78. The lowest BCUT2D eigenvalue weighted by Gasteiger charge is -2.34. The highest BCUT2D eigenvalue weighted by Crippen LogP contribution is 2.34. The maximum absolute atomic E-state index is 3.48. The van der Waals surface area contributed by atoms with Crippen molar-refractivity contribution in [3.8, 4) is 0 Å². The molecule has 1 atom stereocenters. The topological polar surface area (TPSA) is 15.3 Å². The molecule has 0 aromatic carbocycles. The Kier molecular flexibility index (Phi) is 4.48. The molecule has 17 heavy (non-hydrogen) atoms. The second kappa shape index (κ2) is 5.71. The van der Waals surface area contributed by atoms with Crippen LogP contribution in [0.5, 0.6) is 0 Å². The molecule has 0 aromatic heterocycles. The first-order chi connectivity index (χ1) is 8.07. The number of nitrogens with zero attached hydrogens (tertiary/aromatic N) is 1. The van der Waals surface area contributed by atoms with Gasteiger partial charge in [-0.25, -0.2) is 0 Å². The van der Waals surface area contributed by atoms with E-state index in [1.54, 1.807) is 0 Å².